The summed E-state index contributed by atoms with van der Waals surface area (Å²) in [6.45, 7) is 15.2. The van der Waals surface area contributed by atoms with Gasteiger partial charge in [0.2, 0.25) is 0 Å². The third-order valence-corrected chi connectivity index (χ3v) is 3.86. The molecule has 1 atom stereocenters. The molecule has 116 valence electrons. The first-order valence-electron chi connectivity index (χ1n) is 8.05. The Morgan fingerprint density at radius 2 is 1.55 bits per heavy atom. The highest BCUT2D eigenvalue weighted by Crippen LogP contribution is 2.23. The highest BCUT2D eigenvalue weighted by atomic mass is 16.3. The lowest BCUT2D eigenvalue weighted by Gasteiger charge is -2.20. The van der Waals surface area contributed by atoms with E-state index >= 15 is 0 Å². The monoisotopic (exact) mass is 278 g/mol. The van der Waals surface area contributed by atoms with Crippen molar-refractivity contribution >= 4 is 0 Å². The van der Waals surface area contributed by atoms with E-state index in [-0.39, 0.29) is 0 Å². The van der Waals surface area contributed by atoms with Crippen LogP contribution in [0, 0.1) is 17.8 Å². The second kappa shape index (κ2) is 9.18. The minimum absolute atomic E-state index is 0.443. The molecule has 0 aromatic heterocycles. The average molecular weight is 278 g/mol. The van der Waals surface area contributed by atoms with Crippen molar-refractivity contribution in [2.45, 2.75) is 66.9 Å². The normalized spacial score (nSPS) is 16.0. The SMILES string of the molecule is CCC(O)(/C=C/C=C/[C@@H](C)/C(=C/C(C)C)C(C)C)CC. The lowest BCUT2D eigenvalue weighted by Crippen LogP contribution is -2.22. The van der Waals surface area contributed by atoms with Gasteiger partial charge in [-0.05, 0) is 30.6 Å². The van der Waals surface area contributed by atoms with Crippen molar-refractivity contribution < 1.29 is 5.11 Å². The van der Waals surface area contributed by atoms with Crippen LogP contribution in [0.2, 0.25) is 0 Å². The van der Waals surface area contributed by atoms with Crippen LogP contribution in [0.25, 0.3) is 0 Å². The molecule has 0 amide bonds. The smallest absolute Gasteiger partial charge is 0.0825 e. The van der Waals surface area contributed by atoms with E-state index in [1.807, 2.05) is 26.0 Å². The predicted molar refractivity (Wildman–Crippen MR) is 90.7 cm³/mol. The number of allylic oxidation sites excluding steroid dienone is 5. The van der Waals surface area contributed by atoms with Crippen molar-refractivity contribution in [1.29, 1.82) is 0 Å². The van der Waals surface area contributed by atoms with E-state index in [0.29, 0.717) is 17.8 Å². The molecule has 0 aliphatic rings. The van der Waals surface area contributed by atoms with Gasteiger partial charge in [-0.2, -0.15) is 0 Å². The average Bonchev–Trinajstić information content (AvgIpc) is 2.39. The summed E-state index contributed by atoms with van der Waals surface area (Å²) in [6, 6.07) is 0. The third kappa shape index (κ3) is 7.09. The van der Waals surface area contributed by atoms with Crippen LogP contribution in [-0.2, 0) is 0 Å². The van der Waals surface area contributed by atoms with Gasteiger partial charge < -0.3 is 5.11 Å². The Labute approximate surface area is 126 Å². The van der Waals surface area contributed by atoms with Crippen LogP contribution in [0.5, 0.6) is 0 Å². The van der Waals surface area contributed by atoms with E-state index in [2.05, 4.69) is 52.8 Å². The molecule has 0 spiro atoms. The maximum Gasteiger partial charge on any atom is 0.0825 e. The van der Waals surface area contributed by atoms with E-state index < -0.39 is 5.60 Å². The predicted octanol–water partition coefficient (Wildman–Crippen LogP) is 5.52. The molecule has 0 aromatic rings. The first-order chi connectivity index (χ1) is 9.25. The Hall–Kier alpha value is -0.820. The van der Waals surface area contributed by atoms with Gasteiger partial charge in [-0.25, -0.2) is 0 Å². The molecule has 0 fully saturated rings. The summed E-state index contributed by atoms with van der Waals surface area (Å²) in [7, 11) is 0. The van der Waals surface area contributed by atoms with Gasteiger partial charge in [0.05, 0.1) is 5.60 Å². The minimum atomic E-state index is -0.651. The highest BCUT2D eigenvalue weighted by molar-refractivity contribution is 5.18. The molecule has 1 N–H and O–H groups in total. The molecule has 0 bridgehead atoms. The molecule has 0 radical (unpaired) electrons. The summed E-state index contributed by atoms with van der Waals surface area (Å²) in [5, 5.41) is 10.2. The van der Waals surface area contributed by atoms with Crippen LogP contribution < -0.4 is 0 Å². The highest BCUT2D eigenvalue weighted by Gasteiger charge is 2.16. The number of aliphatic hydroxyl groups is 1. The number of rotatable bonds is 8. The fraction of sp³-hybridized carbons (Fsp3) is 0.684. The Kier molecular flexibility index (Phi) is 8.80. The summed E-state index contributed by atoms with van der Waals surface area (Å²) in [5.41, 5.74) is 0.841. The molecule has 0 saturated heterocycles. The Morgan fingerprint density at radius 3 is 1.95 bits per heavy atom. The maximum absolute atomic E-state index is 10.2. The third-order valence-electron chi connectivity index (χ3n) is 3.86. The zero-order valence-electron chi connectivity index (χ0n) is 14.5. The standard InChI is InChI=1S/C19H34O/c1-8-19(20,9-2)13-11-10-12-17(7)18(16(5)6)14-15(3)4/h10-17,20H,8-9H2,1-7H3/b12-10+,13-11+,18-14+/t17-/m1/s1. The molecular weight excluding hydrogens is 244 g/mol. The van der Waals surface area contributed by atoms with E-state index in [0.717, 1.165) is 12.8 Å². The molecule has 0 saturated carbocycles. The lowest BCUT2D eigenvalue weighted by molar-refractivity contribution is 0.0828. The van der Waals surface area contributed by atoms with Crippen LogP contribution in [0.4, 0.5) is 0 Å². The lowest BCUT2D eigenvalue weighted by atomic mass is 9.88. The van der Waals surface area contributed by atoms with E-state index in [9.17, 15) is 5.11 Å². The molecule has 0 aromatic carbocycles. The number of hydrogen-bond donors (Lipinski definition) is 1. The summed E-state index contributed by atoms with van der Waals surface area (Å²) in [6.07, 6.45) is 12.1. The van der Waals surface area contributed by atoms with Crippen LogP contribution >= 0.6 is 0 Å². The van der Waals surface area contributed by atoms with Crippen molar-refractivity contribution in [1.82, 2.24) is 0 Å². The first kappa shape index (κ1) is 19.2. The molecule has 0 aliphatic carbocycles. The fourth-order valence-corrected chi connectivity index (χ4v) is 2.32. The second-order valence-corrected chi connectivity index (χ2v) is 6.41. The van der Waals surface area contributed by atoms with Gasteiger partial charge in [0.15, 0.2) is 0 Å². The summed E-state index contributed by atoms with van der Waals surface area (Å²) in [4.78, 5) is 0. The molecule has 1 nitrogen and oxygen atoms in total. The van der Waals surface area contributed by atoms with Gasteiger partial charge in [-0.3, -0.25) is 0 Å². The molecule has 0 rings (SSSR count). The van der Waals surface area contributed by atoms with Gasteiger partial charge in [-0.1, -0.05) is 84.4 Å². The van der Waals surface area contributed by atoms with E-state index in [1.54, 1.807) is 0 Å². The van der Waals surface area contributed by atoms with Crippen LogP contribution in [-0.4, -0.2) is 10.7 Å². The van der Waals surface area contributed by atoms with Crippen LogP contribution in [0.3, 0.4) is 0 Å². The second-order valence-electron chi connectivity index (χ2n) is 6.41. The van der Waals surface area contributed by atoms with Gasteiger partial charge >= 0.3 is 0 Å². The van der Waals surface area contributed by atoms with Gasteiger partial charge in [0, 0.05) is 0 Å². The first-order valence-corrected chi connectivity index (χ1v) is 8.05. The van der Waals surface area contributed by atoms with Crippen molar-refractivity contribution in [3.05, 3.63) is 36.0 Å². The topological polar surface area (TPSA) is 20.2 Å². The molecule has 0 heterocycles. The maximum atomic E-state index is 10.2. The zero-order chi connectivity index (χ0) is 15.8. The molecule has 1 heteroatoms. The van der Waals surface area contributed by atoms with Crippen molar-refractivity contribution in [3.63, 3.8) is 0 Å². The van der Waals surface area contributed by atoms with Crippen LogP contribution in [0.1, 0.15) is 61.3 Å². The van der Waals surface area contributed by atoms with Crippen LogP contribution in [0.15, 0.2) is 36.0 Å². The molecular formula is C19H34O. The van der Waals surface area contributed by atoms with Crippen molar-refractivity contribution in [2.24, 2.45) is 17.8 Å². The Morgan fingerprint density at radius 1 is 1.00 bits per heavy atom. The molecule has 0 aliphatic heterocycles. The zero-order valence-corrected chi connectivity index (χ0v) is 14.5. The minimum Gasteiger partial charge on any atom is -0.386 e. The van der Waals surface area contributed by atoms with Gasteiger partial charge in [0.25, 0.3) is 0 Å². The van der Waals surface area contributed by atoms with Gasteiger partial charge in [-0.15, -0.1) is 0 Å². The quantitative estimate of drug-likeness (QED) is 0.457. The largest absolute Gasteiger partial charge is 0.386 e. The Balaban J connectivity index is 4.77. The van der Waals surface area contributed by atoms with Crippen molar-refractivity contribution in [2.75, 3.05) is 0 Å². The van der Waals surface area contributed by atoms with Gasteiger partial charge in [0.1, 0.15) is 0 Å². The summed E-state index contributed by atoms with van der Waals surface area (Å²) in [5.74, 6) is 1.60. The number of hydrogen-bond acceptors (Lipinski definition) is 1. The Bertz CT molecular complexity index is 341. The molecule has 20 heavy (non-hydrogen) atoms. The van der Waals surface area contributed by atoms with E-state index in [4.69, 9.17) is 0 Å². The summed E-state index contributed by atoms with van der Waals surface area (Å²) < 4.78 is 0. The fourth-order valence-electron chi connectivity index (χ4n) is 2.32. The summed E-state index contributed by atoms with van der Waals surface area (Å²) >= 11 is 0. The van der Waals surface area contributed by atoms with E-state index in [1.165, 1.54) is 5.57 Å². The molecule has 0 unspecified atom stereocenters. The van der Waals surface area contributed by atoms with Crippen molar-refractivity contribution in [3.8, 4) is 0 Å².